The summed E-state index contributed by atoms with van der Waals surface area (Å²) < 4.78 is 0. The number of nitrogens with two attached hydrogens (primary N) is 1. The van der Waals surface area contributed by atoms with Gasteiger partial charge in [0.2, 0.25) is 11.7 Å². The number of allylic oxidation sites excluding steroid dienone is 4. The van der Waals surface area contributed by atoms with Gasteiger partial charge >= 0.3 is 5.97 Å². The lowest BCUT2D eigenvalue weighted by Crippen LogP contribution is -2.21. The number of benzene rings is 1. The fourth-order valence-corrected chi connectivity index (χ4v) is 2.23. The van der Waals surface area contributed by atoms with Gasteiger partial charge in [-0.25, -0.2) is 4.79 Å². The Morgan fingerprint density at radius 2 is 1.92 bits per heavy atom. The third-order valence-electron chi connectivity index (χ3n) is 3.69. The summed E-state index contributed by atoms with van der Waals surface area (Å²) in [5.41, 5.74) is 5.92. The molecule has 0 heterocycles. The van der Waals surface area contributed by atoms with Gasteiger partial charge in [-0.15, -0.1) is 0 Å². The van der Waals surface area contributed by atoms with Crippen LogP contribution in [0.25, 0.3) is 0 Å². The number of hydrogen-bond donors (Lipinski definition) is 1. The molecule has 0 spiro atoms. The SMILES string of the molecule is CC1C=CC(C(=O)/C(CCC(N)=O)=N/OC(=O)c2ccccc2)=CC1. The van der Waals surface area contributed by atoms with Crippen molar-refractivity contribution in [3.8, 4) is 0 Å². The minimum Gasteiger partial charge on any atom is -0.370 e. The molecule has 130 valence electrons. The number of amides is 1. The largest absolute Gasteiger partial charge is 0.370 e. The molecule has 0 saturated carbocycles. The molecular formula is C19H20N2O4. The van der Waals surface area contributed by atoms with E-state index in [1.165, 1.54) is 0 Å². The Balaban J connectivity index is 2.14. The molecular weight excluding hydrogens is 320 g/mol. The van der Waals surface area contributed by atoms with Crippen LogP contribution in [0.4, 0.5) is 0 Å². The number of ketones is 1. The van der Waals surface area contributed by atoms with Crippen LogP contribution in [-0.2, 0) is 14.4 Å². The van der Waals surface area contributed by atoms with E-state index in [9.17, 15) is 14.4 Å². The molecule has 1 unspecified atom stereocenters. The van der Waals surface area contributed by atoms with E-state index >= 15 is 0 Å². The zero-order chi connectivity index (χ0) is 18.2. The first-order valence-corrected chi connectivity index (χ1v) is 8.02. The average molecular weight is 340 g/mol. The molecule has 0 saturated heterocycles. The molecule has 1 aliphatic carbocycles. The van der Waals surface area contributed by atoms with Gasteiger partial charge in [-0.3, -0.25) is 9.59 Å². The van der Waals surface area contributed by atoms with Gasteiger partial charge in [-0.05, 0) is 24.5 Å². The standard InChI is InChI=1S/C19H20N2O4/c1-13-7-9-14(10-8-13)18(23)16(11-12-17(20)22)21-25-19(24)15-5-3-2-4-6-15/h2-7,9-10,13H,8,11-12H2,1H3,(H2,20,22)/b21-16+. The van der Waals surface area contributed by atoms with E-state index in [1.807, 2.05) is 19.1 Å². The summed E-state index contributed by atoms with van der Waals surface area (Å²) >= 11 is 0. The zero-order valence-electron chi connectivity index (χ0n) is 14.0. The first kappa shape index (κ1) is 18.3. The minimum atomic E-state index is -0.674. The molecule has 0 radical (unpaired) electrons. The van der Waals surface area contributed by atoms with Crippen molar-refractivity contribution in [1.29, 1.82) is 0 Å². The molecule has 1 aliphatic rings. The Morgan fingerprint density at radius 3 is 2.52 bits per heavy atom. The number of carbonyl (C=O) groups is 3. The van der Waals surface area contributed by atoms with Crippen LogP contribution >= 0.6 is 0 Å². The van der Waals surface area contributed by atoms with Crippen LogP contribution in [0.2, 0.25) is 0 Å². The van der Waals surface area contributed by atoms with Crippen molar-refractivity contribution in [2.75, 3.05) is 0 Å². The normalized spacial score (nSPS) is 16.9. The van der Waals surface area contributed by atoms with Crippen molar-refractivity contribution in [2.24, 2.45) is 16.8 Å². The Labute approximate surface area is 146 Å². The van der Waals surface area contributed by atoms with Crippen molar-refractivity contribution in [2.45, 2.75) is 26.2 Å². The molecule has 25 heavy (non-hydrogen) atoms. The second-order valence-corrected chi connectivity index (χ2v) is 5.81. The van der Waals surface area contributed by atoms with E-state index < -0.39 is 11.9 Å². The lowest BCUT2D eigenvalue weighted by molar-refractivity contribution is -0.117. The highest BCUT2D eigenvalue weighted by molar-refractivity contribution is 6.46. The first-order chi connectivity index (χ1) is 12.0. The van der Waals surface area contributed by atoms with E-state index in [4.69, 9.17) is 10.6 Å². The number of Topliss-reactive ketones (excluding diaryl/α,β-unsaturated/α-hetero) is 1. The van der Waals surface area contributed by atoms with Crippen molar-refractivity contribution in [3.05, 3.63) is 59.7 Å². The highest BCUT2D eigenvalue weighted by Gasteiger charge is 2.19. The molecule has 1 aromatic carbocycles. The third-order valence-corrected chi connectivity index (χ3v) is 3.69. The van der Waals surface area contributed by atoms with Crippen molar-refractivity contribution in [3.63, 3.8) is 0 Å². The summed E-state index contributed by atoms with van der Waals surface area (Å²) in [6, 6.07) is 8.31. The van der Waals surface area contributed by atoms with Crippen LogP contribution in [0.3, 0.4) is 0 Å². The molecule has 6 nitrogen and oxygen atoms in total. The summed E-state index contributed by atoms with van der Waals surface area (Å²) in [6.45, 7) is 2.04. The summed E-state index contributed by atoms with van der Waals surface area (Å²) in [5, 5.41) is 3.70. The van der Waals surface area contributed by atoms with Crippen LogP contribution in [0.1, 0.15) is 36.5 Å². The highest BCUT2D eigenvalue weighted by atomic mass is 16.7. The number of nitrogens with zero attached hydrogens (tertiary/aromatic N) is 1. The van der Waals surface area contributed by atoms with Gasteiger partial charge in [0.15, 0.2) is 0 Å². The van der Waals surface area contributed by atoms with Gasteiger partial charge in [0.05, 0.1) is 5.56 Å². The molecule has 1 amide bonds. The summed E-state index contributed by atoms with van der Waals surface area (Å²) in [6.07, 6.45) is 6.15. The van der Waals surface area contributed by atoms with Crippen molar-refractivity contribution < 1.29 is 19.2 Å². The topological polar surface area (TPSA) is 98.8 Å². The van der Waals surface area contributed by atoms with Gasteiger partial charge < -0.3 is 10.6 Å². The summed E-state index contributed by atoms with van der Waals surface area (Å²) in [7, 11) is 0. The lowest BCUT2D eigenvalue weighted by Gasteiger charge is -2.11. The van der Waals surface area contributed by atoms with E-state index in [2.05, 4.69) is 5.16 Å². The van der Waals surface area contributed by atoms with E-state index in [1.54, 1.807) is 36.4 Å². The van der Waals surface area contributed by atoms with E-state index in [-0.39, 0.29) is 24.3 Å². The second kappa shape index (κ2) is 8.73. The van der Waals surface area contributed by atoms with Crippen molar-refractivity contribution in [1.82, 2.24) is 0 Å². The number of oxime groups is 1. The fourth-order valence-electron chi connectivity index (χ4n) is 2.23. The molecule has 1 atom stereocenters. The predicted octanol–water partition coefficient (Wildman–Crippen LogP) is 2.56. The zero-order valence-corrected chi connectivity index (χ0v) is 14.0. The minimum absolute atomic E-state index is 0.00599. The molecule has 0 aromatic heterocycles. The predicted molar refractivity (Wildman–Crippen MR) is 93.7 cm³/mol. The van der Waals surface area contributed by atoms with Gasteiger partial charge in [-0.1, -0.05) is 48.5 Å². The fraction of sp³-hybridized carbons (Fsp3) is 0.263. The molecule has 6 heteroatoms. The number of hydrogen-bond acceptors (Lipinski definition) is 5. The summed E-state index contributed by atoms with van der Waals surface area (Å²) in [4.78, 5) is 40.4. The smallest absolute Gasteiger partial charge is 0.365 e. The van der Waals surface area contributed by atoms with Gasteiger partial charge in [0.1, 0.15) is 5.71 Å². The lowest BCUT2D eigenvalue weighted by atomic mass is 9.94. The Morgan fingerprint density at radius 1 is 1.20 bits per heavy atom. The number of primary amides is 1. The quantitative estimate of drug-likeness (QED) is 0.468. The maximum absolute atomic E-state index is 12.6. The Hall–Kier alpha value is -3.02. The monoisotopic (exact) mass is 340 g/mol. The van der Waals surface area contributed by atoms with Crippen LogP contribution in [-0.4, -0.2) is 23.4 Å². The van der Waals surface area contributed by atoms with E-state index in [0.717, 1.165) is 6.42 Å². The maximum atomic E-state index is 12.6. The van der Waals surface area contributed by atoms with E-state index in [0.29, 0.717) is 17.1 Å². The van der Waals surface area contributed by atoms with Gasteiger partial charge in [-0.2, -0.15) is 0 Å². The molecule has 2 rings (SSSR count). The summed E-state index contributed by atoms with van der Waals surface area (Å²) in [5.74, 6) is -1.24. The number of carbonyl (C=O) groups excluding carboxylic acids is 3. The first-order valence-electron chi connectivity index (χ1n) is 8.02. The van der Waals surface area contributed by atoms with Crippen LogP contribution in [0.5, 0.6) is 0 Å². The molecule has 0 fully saturated rings. The maximum Gasteiger partial charge on any atom is 0.365 e. The van der Waals surface area contributed by atoms with Crippen LogP contribution in [0.15, 0.2) is 59.3 Å². The molecule has 0 bridgehead atoms. The number of rotatable bonds is 7. The Kier molecular flexibility index (Phi) is 6.39. The van der Waals surface area contributed by atoms with Crippen molar-refractivity contribution >= 4 is 23.4 Å². The van der Waals surface area contributed by atoms with Gasteiger partial charge in [0, 0.05) is 18.4 Å². The third kappa shape index (κ3) is 5.53. The molecule has 1 aromatic rings. The average Bonchev–Trinajstić information content (AvgIpc) is 2.62. The van der Waals surface area contributed by atoms with Crippen LogP contribution < -0.4 is 5.73 Å². The van der Waals surface area contributed by atoms with Gasteiger partial charge in [0.25, 0.3) is 0 Å². The Bertz CT molecular complexity index is 748. The highest BCUT2D eigenvalue weighted by Crippen LogP contribution is 2.17. The van der Waals surface area contributed by atoms with Crippen LogP contribution in [0, 0.1) is 5.92 Å². The second-order valence-electron chi connectivity index (χ2n) is 5.81. The molecule has 2 N–H and O–H groups in total. The molecule has 0 aliphatic heterocycles.